The molecule has 0 aliphatic carbocycles. The number of ether oxygens (including phenoxy) is 2. The van der Waals surface area contributed by atoms with Gasteiger partial charge in [-0.2, -0.15) is 0 Å². The van der Waals surface area contributed by atoms with Crippen LogP contribution in [-0.4, -0.2) is 23.2 Å². The Hall–Kier alpha value is -1.78. The molecule has 106 valence electrons. The first kappa shape index (κ1) is 15.3. The van der Waals surface area contributed by atoms with Crippen LogP contribution in [-0.2, 0) is 9.53 Å². The second kappa shape index (κ2) is 6.97. The van der Waals surface area contributed by atoms with E-state index in [0.29, 0.717) is 6.61 Å². The molecule has 5 nitrogen and oxygen atoms in total. The maximum absolute atomic E-state index is 12.1. The molecule has 0 aliphatic rings. The highest BCUT2D eigenvalue weighted by molar-refractivity contribution is 5.74. The standard InChI is InChI=1S/C14H21NO4/c1-5-10(3)19-14(17)11(4)15-9-7-8-12(13(15)16)18-6-2/h7-11H,5-6H2,1-4H3. The van der Waals surface area contributed by atoms with E-state index >= 15 is 0 Å². The molecule has 1 rings (SSSR count). The van der Waals surface area contributed by atoms with Crippen molar-refractivity contribution in [2.45, 2.75) is 46.3 Å². The van der Waals surface area contributed by atoms with E-state index in [1.54, 1.807) is 32.2 Å². The van der Waals surface area contributed by atoms with Gasteiger partial charge in [0.25, 0.3) is 5.56 Å². The molecule has 0 spiro atoms. The van der Waals surface area contributed by atoms with Crippen LogP contribution in [0.15, 0.2) is 23.1 Å². The maximum atomic E-state index is 12.1. The summed E-state index contributed by atoms with van der Waals surface area (Å²) in [6, 6.07) is 2.61. The molecule has 1 heterocycles. The van der Waals surface area contributed by atoms with Crippen LogP contribution in [0.3, 0.4) is 0 Å². The summed E-state index contributed by atoms with van der Waals surface area (Å²) in [6.07, 6.45) is 2.15. The van der Waals surface area contributed by atoms with Gasteiger partial charge in [0.05, 0.1) is 12.7 Å². The van der Waals surface area contributed by atoms with Gasteiger partial charge in [-0.05, 0) is 39.3 Å². The minimum Gasteiger partial charge on any atom is -0.488 e. The van der Waals surface area contributed by atoms with Crippen LogP contribution in [0.1, 0.15) is 40.2 Å². The summed E-state index contributed by atoms with van der Waals surface area (Å²) >= 11 is 0. The van der Waals surface area contributed by atoms with Crippen molar-refractivity contribution in [2.24, 2.45) is 0 Å². The van der Waals surface area contributed by atoms with Gasteiger partial charge in [0.2, 0.25) is 0 Å². The fourth-order valence-electron chi connectivity index (χ4n) is 1.55. The Morgan fingerprint density at radius 1 is 1.37 bits per heavy atom. The van der Waals surface area contributed by atoms with Crippen LogP contribution in [0.4, 0.5) is 0 Å². The van der Waals surface area contributed by atoms with Gasteiger partial charge >= 0.3 is 5.97 Å². The Morgan fingerprint density at radius 3 is 2.63 bits per heavy atom. The number of carbonyl (C=O) groups excluding carboxylic acids is 1. The third-order valence-electron chi connectivity index (χ3n) is 2.89. The summed E-state index contributed by atoms with van der Waals surface area (Å²) in [4.78, 5) is 24.0. The molecule has 2 atom stereocenters. The van der Waals surface area contributed by atoms with Crippen LogP contribution in [0.25, 0.3) is 0 Å². The SMILES string of the molecule is CCOc1cccn(C(C)C(=O)OC(C)CC)c1=O. The minimum absolute atomic E-state index is 0.152. The average Bonchev–Trinajstić information content (AvgIpc) is 2.40. The fourth-order valence-corrected chi connectivity index (χ4v) is 1.55. The molecule has 1 aromatic heterocycles. The zero-order chi connectivity index (χ0) is 14.4. The van der Waals surface area contributed by atoms with E-state index in [1.807, 2.05) is 13.8 Å². The van der Waals surface area contributed by atoms with Crippen molar-refractivity contribution in [1.82, 2.24) is 4.57 Å². The van der Waals surface area contributed by atoms with Crippen LogP contribution in [0, 0.1) is 0 Å². The van der Waals surface area contributed by atoms with Gasteiger partial charge in [-0.1, -0.05) is 6.92 Å². The van der Waals surface area contributed by atoms with Crippen LogP contribution in [0.2, 0.25) is 0 Å². The molecule has 0 amide bonds. The summed E-state index contributed by atoms with van der Waals surface area (Å²) in [6.45, 7) is 7.61. The molecule has 19 heavy (non-hydrogen) atoms. The summed E-state index contributed by atoms with van der Waals surface area (Å²) in [5, 5.41) is 0. The number of hydrogen-bond acceptors (Lipinski definition) is 4. The Bertz CT molecular complexity index is 481. The smallest absolute Gasteiger partial charge is 0.329 e. The highest BCUT2D eigenvalue weighted by Gasteiger charge is 2.20. The van der Waals surface area contributed by atoms with Gasteiger partial charge in [-0.25, -0.2) is 4.79 Å². The third-order valence-corrected chi connectivity index (χ3v) is 2.89. The topological polar surface area (TPSA) is 57.5 Å². The Balaban J connectivity index is 2.93. The van der Waals surface area contributed by atoms with E-state index in [4.69, 9.17) is 9.47 Å². The number of nitrogens with zero attached hydrogens (tertiary/aromatic N) is 1. The maximum Gasteiger partial charge on any atom is 0.329 e. The van der Waals surface area contributed by atoms with Gasteiger partial charge in [-0.15, -0.1) is 0 Å². The molecule has 1 aromatic rings. The van der Waals surface area contributed by atoms with E-state index in [2.05, 4.69) is 0 Å². The highest BCUT2D eigenvalue weighted by Crippen LogP contribution is 2.11. The normalized spacial score (nSPS) is 13.7. The summed E-state index contributed by atoms with van der Waals surface area (Å²) in [7, 11) is 0. The van der Waals surface area contributed by atoms with Crippen molar-refractivity contribution in [2.75, 3.05) is 6.61 Å². The minimum atomic E-state index is -0.665. The molecular weight excluding hydrogens is 246 g/mol. The van der Waals surface area contributed by atoms with Crippen molar-refractivity contribution in [1.29, 1.82) is 0 Å². The first-order valence-electron chi connectivity index (χ1n) is 6.55. The van der Waals surface area contributed by atoms with Crippen LogP contribution in [0.5, 0.6) is 5.75 Å². The molecule has 0 bridgehead atoms. The van der Waals surface area contributed by atoms with Gasteiger partial charge in [0, 0.05) is 6.20 Å². The van der Waals surface area contributed by atoms with Crippen LogP contribution >= 0.6 is 0 Å². The lowest BCUT2D eigenvalue weighted by Crippen LogP contribution is -2.31. The van der Waals surface area contributed by atoms with Crippen molar-refractivity contribution in [3.05, 3.63) is 28.7 Å². The molecule has 0 aliphatic heterocycles. The molecule has 0 radical (unpaired) electrons. The predicted octanol–water partition coefficient (Wildman–Crippen LogP) is 2.15. The number of rotatable bonds is 6. The van der Waals surface area contributed by atoms with Crippen molar-refractivity contribution >= 4 is 5.97 Å². The molecule has 0 fully saturated rings. The molecular formula is C14H21NO4. The molecule has 0 saturated heterocycles. The predicted molar refractivity (Wildman–Crippen MR) is 72.4 cm³/mol. The van der Waals surface area contributed by atoms with E-state index in [1.165, 1.54) is 4.57 Å². The van der Waals surface area contributed by atoms with Crippen molar-refractivity contribution < 1.29 is 14.3 Å². The molecule has 0 N–H and O–H groups in total. The van der Waals surface area contributed by atoms with E-state index in [9.17, 15) is 9.59 Å². The molecule has 5 heteroatoms. The monoisotopic (exact) mass is 267 g/mol. The average molecular weight is 267 g/mol. The van der Waals surface area contributed by atoms with Gasteiger partial charge < -0.3 is 9.47 Å². The van der Waals surface area contributed by atoms with E-state index in [-0.39, 0.29) is 17.4 Å². The van der Waals surface area contributed by atoms with Crippen LogP contribution < -0.4 is 10.3 Å². The molecule has 2 unspecified atom stereocenters. The van der Waals surface area contributed by atoms with Gasteiger partial charge in [0.1, 0.15) is 6.04 Å². The Morgan fingerprint density at radius 2 is 2.05 bits per heavy atom. The first-order valence-corrected chi connectivity index (χ1v) is 6.55. The van der Waals surface area contributed by atoms with Crippen molar-refractivity contribution in [3.8, 4) is 5.75 Å². The van der Waals surface area contributed by atoms with Gasteiger partial charge in [0.15, 0.2) is 5.75 Å². The number of carbonyl (C=O) groups is 1. The first-order chi connectivity index (χ1) is 9.01. The van der Waals surface area contributed by atoms with E-state index < -0.39 is 12.0 Å². The lowest BCUT2D eigenvalue weighted by Gasteiger charge is -2.18. The number of esters is 1. The second-order valence-corrected chi connectivity index (χ2v) is 4.35. The summed E-state index contributed by atoms with van der Waals surface area (Å²) in [5.74, 6) is -0.168. The fraction of sp³-hybridized carbons (Fsp3) is 0.571. The molecule has 0 aromatic carbocycles. The quantitative estimate of drug-likeness (QED) is 0.741. The molecule has 0 saturated carbocycles. The number of aromatic nitrogens is 1. The zero-order valence-corrected chi connectivity index (χ0v) is 11.9. The highest BCUT2D eigenvalue weighted by atomic mass is 16.5. The lowest BCUT2D eigenvalue weighted by atomic mass is 10.3. The summed E-state index contributed by atoms with van der Waals surface area (Å²) in [5.41, 5.74) is -0.321. The Labute approximate surface area is 113 Å². The Kier molecular flexibility index (Phi) is 5.60. The largest absolute Gasteiger partial charge is 0.488 e. The third kappa shape index (κ3) is 3.84. The second-order valence-electron chi connectivity index (χ2n) is 4.35. The number of pyridine rings is 1. The van der Waals surface area contributed by atoms with Gasteiger partial charge in [-0.3, -0.25) is 9.36 Å². The van der Waals surface area contributed by atoms with Crippen molar-refractivity contribution in [3.63, 3.8) is 0 Å². The summed E-state index contributed by atoms with van der Waals surface area (Å²) < 4.78 is 11.8. The van der Waals surface area contributed by atoms with E-state index in [0.717, 1.165) is 6.42 Å². The lowest BCUT2D eigenvalue weighted by molar-refractivity contribution is -0.152. The number of hydrogen-bond donors (Lipinski definition) is 0. The zero-order valence-electron chi connectivity index (χ0n) is 11.9.